The highest BCUT2D eigenvalue weighted by Gasteiger charge is 2.20. The monoisotopic (exact) mass is 323 g/mol. The van der Waals surface area contributed by atoms with Crippen LogP contribution in [0.1, 0.15) is 13.3 Å². The number of carbonyl (C=O) groups is 1. The third-order valence-electron chi connectivity index (χ3n) is 3.51. The maximum absolute atomic E-state index is 12.8. The molecule has 0 unspecified atom stereocenters. The van der Waals surface area contributed by atoms with Gasteiger partial charge in [0.1, 0.15) is 5.58 Å². The van der Waals surface area contributed by atoms with Gasteiger partial charge in [0, 0.05) is 12.1 Å². The van der Waals surface area contributed by atoms with Crippen molar-refractivity contribution in [1.29, 1.82) is 0 Å². The van der Waals surface area contributed by atoms with Crippen LogP contribution >= 0.6 is 0 Å². The van der Waals surface area contributed by atoms with Crippen LogP contribution in [0.15, 0.2) is 63.8 Å². The smallest absolute Gasteiger partial charge is 0.412 e. The Bertz CT molecular complexity index is 916. The summed E-state index contributed by atoms with van der Waals surface area (Å²) in [4.78, 5) is 24.7. The number of hydrogen-bond acceptors (Lipinski definition) is 4. The lowest BCUT2D eigenvalue weighted by atomic mass is 10.1. The van der Waals surface area contributed by atoms with Crippen LogP contribution in [0.4, 0.5) is 4.79 Å². The quantitative estimate of drug-likeness (QED) is 0.789. The molecule has 0 aliphatic carbocycles. The molecule has 2 aromatic carbocycles. The molecule has 122 valence electrons. The van der Waals surface area contributed by atoms with Crippen molar-refractivity contribution in [3.8, 4) is 17.1 Å². The van der Waals surface area contributed by atoms with Crippen LogP contribution in [0.25, 0.3) is 22.3 Å². The largest absolute Gasteiger partial charge is 0.452 e. The van der Waals surface area contributed by atoms with Gasteiger partial charge < -0.3 is 14.5 Å². The van der Waals surface area contributed by atoms with Gasteiger partial charge in [0.2, 0.25) is 11.2 Å². The van der Waals surface area contributed by atoms with Gasteiger partial charge in [-0.1, -0.05) is 49.4 Å². The third kappa shape index (κ3) is 3.15. The molecule has 0 aliphatic heterocycles. The van der Waals surface area contributed by atoms with Gasteiger partial charge in [-0.25, -0.2) is 4.79 Å². The maximum Gasteiger partial charge on any atom is 0.412 e. The second-order valence-electron chi connectivity index (χ2n) is 5.27. The standard InChI is InChI=1S/C19H17NO4/c1-2-12-20-19(22)24-18-16(21)14-10-6-7-11-15(14)23-17(18)13-8-4-3-5-9-13/h3-11H,2,12H2,1H3,(H,20,22). The normalized spacial score (nSPS) is 10.5. The summed E-state index contributed by atoms with van der Waals surface area (Å²) in [5.74, 6) is 0.138. The molecule has 1 N–H and O–H groups in total. The van der Waals surface area contributed by atoms with E-state index in [4.69, 9.17) is 9.15 Å². The van der Waals surface area contributed by atoms with E-state index in [1.54, 1.807) is 36.4 Å². The molecule has 0 fully saturated rings. The first-order chi connectivity index (χ1) is 11.7. The van der Waals surface area contributed by atoms with Crippen molar-refractivity contribution in [2.24, 2.45) is 0 Å². The first-order valence-electron chi connectivity index (χ1n) is 7.77. The topological polar surface area (TPSA) is 68.5 Å². The summed E-state index contributed by atoms with van der Waals surface area (Å²) in [6.45, 7) is 2.40. The maximum atomic E-state index is 12.8. The minimum Gasteiger partial charge on any atom is -0.452 e. The number of benzene rings is 2. The Balaban J connectivity index is 2.15. The molecule has 0 atom stereocenters. The lowest BCUT2D eigenvalue weighted by molar-refractivity contribution is 0.199. The van der Waals surface area contributed by atoms with Crippen LogP contribution in [0.2, 0.25) is 0 Å². The second-order valence-corrected chi connectivity index (χ2v) is 5.27. The zero-order valence-electron chi connectivity index (χ0n) is 13.2. The first kappa shape index (κ1) is 15.8. The van der Waals surface area contributed by atoms with E-state index in [1.165, 1.54) is 0 Å². The molecule has 0 spiro atoms. The molecule has 0 bridgehead atoms. The Labute approximate surface area is 138 Å². The van der Waals surface area contributed by atoms with E-state index in [2.05, 4.69) is 5.32 Å². The van der Waals surface area contributed by atoms with E-state index < -0.39 is 6.09 Å². The first-order valence-corrected chi connectivity index (χ1v) is 7.77. The van der Waals surface area contributed by atoms with E-state index in [-0.39, 0.29) is 16.9 Å². The second kappa shape index (κ2) is 7.00. The molecule has 1 aromatic heterocycles. The molecule has 5 nitrogen and oxygen atoms in total. The molecule has 0 radical (unpaired) electrons. The van der Waals surface area contributed by atoms with Gasteiger partial charge in [0.25, 0.3) is 0 Å². The Morgan fingerprint density at radius 3 is 2.54 bits per heavy atom. The fourth-order valence-corrected chi connectivity index (χ4v) is 2.35. The molecule has 0 saturated carbocycles. The average Bonchev–Trinajstić information content (AvgIpc) is 2.63. The summed E-state index contributed by atoms with van der Waals surface area (Å²) < 4.78 is 11.1. The van der Waals surface area contributed by atoms with Gasteiger partial charge in [-0.05, 0) is 18.6 Å². The van der Waals surface area contributed by atoms with Crippen molar-refractivity contribution in [3.05, 3.63) is 64.8 Å². The van der Waals surface area contributed by atoms with Crippen molar-refractivity contribution in [2.45, 2.75) is 13.3 Å². The predicted molar refractivity (Wildman–Crippen MR) is 92.2 cm³/mol. The number of nitrogens with one attached hydrogen (secondary N) is 1. The number of carbonyl (C=O) groups excluding carboxylic acids is 1. The zero-order valence-corrected chi connectivity index (χ0v) is 13.2. The number of rotatable bonds is 4. The van der Waals surface area contributed by atoms with Crippen LogP contribution in [-0.4, -0.2) is 12.6 Å². The molecule has 24 heavy (non-hydrogen) atoms. The SMILES string of the molecule is CCCNC(=O)Oc1c(-c2ccccc2)oc2ccccc2c1=O. The highest BCUT2D eigenvalue weighted by molar-refractivity contribution is 5.83. The van der Waals surface area contributed by atoms with E-state index in [1.807, 2.05) is 25.1 Å². The molecule has 1 amide bonds. The summed E-state index contributed by atoms with van der Waals surface area (Å²) in [7, 11) is 0. The molecular weight excluding hydrogens is 306 g/mol. The molecule has 5 heteroatoms. The van der Waals surface area contributed by atoms with Crippen molar-refractivity contribution >= 4 is 17.1 Å². The summed E-state index contributed by atoms with van der Waals surface area (Å²) in [6, 6.07) is 16.0. The Morgan fingerprint density at radius 1 is 1.08 bits per heavy atom. The van der Waals surface area contributed by atoms with Crippen LogP contribution in [0.3, 0.4) is 0 Å². The molecule has 0 aliphatic rings. The molecule has 3 aromatic rings. The van der Waals surface area contributed by atoms with Crippen LogP contribution in [0.5, 0.6) is 5.75 Å². The Hall–Kier alpha value is -3.08. The summed E-state index contributed by atoms with van der Waals surface area (Å²) >= 11 is 0. The van der Waals surface area contributed by atoms with Crippen LogP contribution in [-0.2, 0) is 0 Å². The predicted octanol–water partition coefficient (Wildman–Crippen LogP) is 3.96. The van der Waals surface area contributed by atoms with E-state index >= 15 is 0 Å². The Kier molecular flexibility index (Phi) is 4.61. The third-order valence-corrected chi connectivity index (χ3v) is 3.51. The van der Waals surface area contributed by atoms with Crippen molar-refractivity contribution in [2.75, 3.05) is 6.54 Å². The fraction of sp³-hybridized carbons (Fsp3) is 0.158. The van der Waals surface area contributed by atoms with E-state index in [9.17, 15) is 9.59 Å². The number of ether oxygens (including phenoxy) is 1. The van der Waals surface area contributed by atoms with Gasteiger partial charge in [0.05, 0.1) is 5.39 Å². The number of amides is 1. The van der Waals surface area contributed by atoms with Gasteiger partial charge in [-0.3, -0.25) is 4.79 Å². The molecular formula is C19H17NO4. The summed E-state index contributed by atoms with van der Waals surface area (Å²) in [5.41, 5.74) is 0.740. The molecule has 3 rings (SSSR count). The molecule has 0 saturated heterocycles. The van der Waals surface area contributed by atoms with Crippen molar-refractivity contribution in [1.82, 2.24) is 5.32 Å². The summed E-state index contributed by atoms with van der Waals surface area (Å²) in [6.07, 6.45) is 0.101. The zero-order chi connectivity index (χ0) is 16.9. The van der Waals surface area contributed by atoms with Gasteiger partial charge >= 0.3 is 6.09 Å². The minimum absolute atomic E-state index is 0.103. The van der Waals surface area contributed by atoms with Gasteiger partial charge in [0.15, 0.2) is 5.76 Å². The van der Waals surface area contributed by atoms with E-state index in [0.29, 0.717) is 23.1 Å². The van der Waals surface area contributed by atoms with Gasteiger partial charge in [-0.2, -0.15) is 0 Å². The van der Waals surface area contributed by atoms with Crippen LogP contribution < -0.4 is 15.5 Å². The molecule has 1 heterocycles. The minimum atomic E-state index is -0.670. The van der Waals surface area contributed by atoms with Crippen LogP contribution in [0, 0.1) is 0 Å². The number of fused-ring (bicyclic) bond motifs is 1. The summed E-state index contributed by atoms with van der Waals surface area (Å²) in [5, 5.41) is 2.96. The lowest BCUT2D eigenvalue weighted by Crippen LogP contribution is -2.29. The van der Waals surface area contributed by atoms with Crippen molar-refractivity contribution in [3.63, 3.8) is 0 Å². The highest BCUT2D eigenvalue weighted by atomic mass is 16.6. The van der Waals surface area contributed by atoms with Crippen molar-refractivity contribution < 1.29 is 13.9 Å². The number of hydrogen-bond donors (Lipinski definition) is 1. The highest BCUT2D eigenvalue weighted by Crippen LogP contribution is 2.30. The lowest BCUT2D eigenvalue weighted by Gasteiger charge is -2.10. The number of para-hydroxylation sites is 1. The van der Waals surface area contributed by atoms with Gasteiger partial charge in [-0.15, -0.1) is 0 Å². The van der Waals surface area contributed by atoms with E-state index in [0.717, 1.165) is 6.42 Å². The Morgan fingerprint density at radius 2 is 1.79 bits per heavy atom. The fourth-order valence-electron chi connectivity index (χ4n) is 2.35. The average molecular weight is 323 g/mol.